The molecule has 2 N–H and O–H groups in total. The van der Waals surface area contributed by atoms with Gasteiger partial charge in [-0.2, -0.15) is 0 Å². The molecule has 5 nitrogen and oxygen atoms in total. The van der Waals surface area contributed by atoms with Crippen molar-refractivity contribution in [2.24, 2.45) is 0 Å². The molecule has 1 fully saturated rings. The van der Waals surface area contributed by atoms with E-state index in [1.165, 1.54) is 0 Å². The van der Waals surface area contributed by atoms with Crippen LogP contribution in [0, 0.1) is 13.8 Å². The van der Waals surface area contributed by atoms with Gasteiger partial charge in [0.25, 0.3) is 5.91 Å². The summed E-state index contributed by atoms with van der Waals surface area (Å²) in [5.41, 5.74) is 1.16. The second-order valence-electron chi connectivity index (χ2n) is 4.68. The Bertz CT molecular complexity index is 386. The lowest BCUT2D eigenvalue weighted by atomic mass is 9.93. The Balaban J connectivity index is 1.98. The molecular weight excluding hydrogens is 220 g/mol. The fourth-order valence-electron chi connectivity index (χ4n) is 2.28. The predicted molar refractivity (Wildman–Crippen MR) is 61.7 cm³/mol. The first-order valence-electron chi connectivity index (χ1n) is 5.99. The van der Waals surface area contributed by atoms with Crippen LogP contribution in [0.5, 0.6) is 0 Å². The van der Waals surface area contributed by atoms with Crippen LogP contribution >= 0.6 is 0 Å². The van der Waals surface area contributed by atoms with Crippen molar-refractivity contribution in [2.75, 3.05) is 0 Å². The van der Waals surface area contributed by atoms with Crippen molar-refractivity contribution in [1.82, 2.24) is 10.5 Å². The van der Waals surface area contributed by atoms with Gasteiger partial charge in [0.2, 0.25) is 0 Å². The van der Waals surface area contributed by atoms with Crippen molar-refractivity contribution >= 4 is 5.91 Å². The van der Waals surface area contributed by atoms with Crippen LogP contribution in [0.25, 0.3) is 0 Å². The second kappa shape index (κ2) is 4.87. The van der Waals surface area contributed by atoms with E-state index in [4.69, 9.17) is 4.52 Å². The van der Waals surface area contributed by atoms with Crippen LogP contribution in [0.3, 0.4) is 0 Å². The minimum Gasteiger partial charge on any atom is -0.393 e. The Morgan fingerprint density at radius 2 is 2.00 bits per heavy atom. The molecule has 2 rings (SSSR count). The zero-order chi connectivity index (χ0) is 12.4. The summed E-state index contributed by atoms with van der Waals surface area (Å²) in [6.45, 7) is 3.50. The molecule has 0 bridgehead atoms. The van der Waals surface area contributed by atoms with E-state index in [0.717, 1.165) is 25.7 Å². The van der Waals surface area contributed by atoms with Crippen molar-refractivity contribution in [1.29, 1.82) is 0 Å². The summed E-state index contributed by atoms with van der Waals surface area (Å²) in [6.07, 6.45) is 2.97. The molecule has 17 heavy (non-hydrogen) atoms. The molecule has 1 amide bonds. The predicted octanol–water partition coefficient (Wildman–Crippen LogP) is 1.32. The van der Waals surface area contributed by atoms with Crippen LogP contribution in [0.4, 0.5) is 0 Å². The monoisotopic (exact) mass is 238 g/mol. The normalized spacial score (nSPS) is 24.6. The largest absolute Gasteiger partial charge is 0.393 e. The summed E-state index contributed by atoms with van der Waals surface area (Å²) in [5.74, 6) is 0.429. The van der Waals surface area contributed by atoms with E-state index in [0.29, 0.717) is 17.0 Å². The first kappa shape index (κ1) is 12.1. The Labute approximate surface area is 100 Å². The number of aryl methyl sites for hydroxylation is 2. The van der Waals surface area contributed by atoms with E-state index in [9.17, 15) is 9.90 Å². The molecule has 0 radical (unpaired) electrons. The van der Waals surface area contributed by atoms with Crippen LogP contribution in [-0.2, 0) is 0 Å². The van der Waals surface area contributed by atoms with Crippen molar-refractivity contribution in [3.05, 3.63) is 17.0 Å². The summed E-state index contributed by atoms with van der Waals surface area (Å²) in [6, 6.07) is 0.152. The Morgan fingerprint density at radius 1 is 1.35 bits per heavy atom. The Hall–Kier alpha value is -1.36. The van der Waals surface area contributed by atoms with E-state index in [1.54, 1.807) is 13.8 Å². The number of hydrogen-bond acceptors (Lipinski definition) is 4. The highest BCUT2D eigenvalue weighted by atomic mass is 16.5. The molecule has 1 aromatic heterocycles. The third-order valence-electron chi connectivity index (χ3n) is 3.29. The van der Waals surface area contributed by atoms with Crippen molar-refractivity contribution in [3.8, 4) is 0 Å². The van der Waals surface area contributed by atoms with Crippen LogP contribution < -0.4 is 5.32 Å². The van der Waals surface area contributed by atoms with Crippen LogP contribution in [0.1, 0.15) is 47.5 Å². The lowest BCUT2D eigenvalue weighted by molar-refractivity contribution is 0.0866. The Morgan fingerprint density at radius 3 is 2.53 bits per heavy atom. The summed E-state index contributed by atoms with van der Waals surface area (Å²) in [5, 5.41) is 16.1. The average molecular weight is 238 g/mol. The molecule has 1 aliphatic carbocycles. The maximum absolute atomic E-state index is 12.0. The van der Waals surface area contributed by atoms with Gasteiger partial charge in [0, 0.05) is 6.04 Å². The molecular formula is C12H18N2O3. The summed E-state index contributed by atoms with van der Waals surface area (Å²) >= 11 is 0. The second-order valence-corrected chi connectivity index (χ2v) is 4.68. The van der Waals surface area contributed by atoms with Gasteiger partial charge in [-0.3, -0.25) is 4.79 Å². The Kier molecular flexibility index (Phi) is 3.47. The molecule has 5 heteroatoms. The number of carbonyl (C=O) groups excluding carboxylic acids is 1. The van der Waals surface area contributed by atoms with E-state index in [2.05, 4.69) is 10.5 Å². The van der Waals surface area contributed by atoms with Gasteiger partial charge in [0.05, 0.1) is 11.8 Å². The molecule has 1 saturated carbocycles. The number of aliphatic hydroxyl groups is 1. The van der Waals surface area contributed by atoms with E-state index in [-0.39, 0.29) is 18.1 Å². The molecule has 1 heterocycles. The average Bonchev–Trinajstić information content (AvgIpc) is 2.62. The lowest BCUT2D eigenvalue weighted by Crippen LogP contribution is -2.38. The van der Waals surface area contributed by atoms with Gasteiger partial charge in [-0.05, 0) is 39.5 Å². The number of rotatable bonds is 2. The summed E-state index contributed by atoms with van der Waals surface area (Å²) in [7, 11) is 0. The van der Waals surface area contributed by atoms with Gasteiger partial charge in [0.15, 0.2) is 0 Å². The van der Waals surface area contributed by atoms with Gasteiger partial charge in [0.1, 0.15) is 11.3 Å². The third kappa shape index (κ3) is 2.66. The van der Waals surface area contributed by atoms with E-state index >= 15 is 0 Å². The number of amides is 1. The maximum Gasteiger partial charge on any atom is 0.257 e. The summed E-state index contributed by atoms with van der Waals surface area (Å²) in [4.78, 5) is 12.0. The van der Waals surface area contributed by atoms with Crippen molar-refractivity contribution in [2.45, 2.75) is 51.7 Å². The molecule has 1 aromatic rings. The molecule has 0 spiro atoms. The molecule has 1 aliphatic rings. The smallest absolute Gasteiger partial charge is 0.257 e. The minimum atomic E-state index is -0.206. The van der Waals surface area contributed by atoms with Gasteiger partial charge >= 0.3 is 0 Å². The molecule has 94 valence electrons. The fraction of sp³-hybridized carbons (Fsp3) is 0.667. The summed E-state index contributed by atoms with van der Waals surface area (Å²) < 4.78 is 4.97. The SMILES string of the molecule is Cc1noc(C)c1C(=O)NC1CCC(O)CC1. The zero-order valence-electron chi connectivity index (χ0n) is 10.2. The van der Waals surface area contributed by atoms with Gasteiger partial charge in [-0.1, -0.05) is 5.16 Å². The molecule has 0 aliphatic heterocycles. The van der Waals surface area contributed by atoms with Crippen LogP contribution in [0.15, 0.2) is 4.52 Å². The molecule has 0 aromatic carbocycles. The first-order chi connectivity index (χ1) is 8.08. The van der Waals surface area contributed by atoms with E-state index < -0.39 is 0 Å². The molecule has 0 unspecified atom stereocenters. The lowest BCUT2D eigenvalue weighted by Gasteiger charge is -2.26. The highest BCUT2D eigenvalue weighted by molar-refractivity contribution is 5.96. The highest BCUT2D eigenvalue weighted by Crippen LogP contribution is 2.19. The van der Waals surface area contributed by atoms with Gasteiger partial charge < -0.3 is 14.9 Å². The number of aliphatic hydroxyl groups excluding tert-OH is 1. The molecule has 0 saturated heterocycles. The topological polar surface area (TPSA) is 75.4 Å². The van der Waals surface area contributed by atoms with Crippen LogP contribution in [0.2, 0.25) is 0 Å². The maximum atomic E-state index is 12.0. The van der Waals surface area contributed by atoms with Crippen molar-refractivity contribution in [3.63, 3.8) is 0 Å². The van der Waals surface area contributed by atoms with E-state index in [1.807, 2.05) is 0 Å². The fourth-order valence-corrected chi connectivity index (χ4v) is 2.28. The third-order valence-corrected chi connectivity index (χ3v) is 3.29. The number of hydrogen-bond donors (Lipinski definition) is 2. The quantitative estimate of drug-likeness (QED) is 0.815. The number of aromatic nitrogens is 1. The van der Waals surface area contributed by atoms with Gasteiger partial charge in [-0.25, -0.2) is 0 Å². The number of nitrogens with one attached hydrogen (secondary N) is 1. The zero-order valence-corrected chi connectivity index (χ0v) is 10.2. The van der Waals surface area contributed by atoms with Crippen LogP contribution in [-0.4, -0.2) is 28.3 Å². The highest BCUT2D eigenvalue weighted by Gasteiger charge is 2.24. The van der Waals surface area contributed by atoms with Crippen molar-refractivity contribution < 1.29 is 14.4 Å². The standard InChI is InChI=1S/C12H18N2O3/c1-7-11(8(2)17-14-7)12(16)13-9-3-5-10(15)6-4-9/h9-10,15H,3-6H2,1-2H3,(H,13,16). The van der Waals surface area contributed by atoms with Gasteiger partial charge in [-0.15, -0.1) is 0 Å². The first-order valence-corrected chi connectivity index (χ1v) is 5.99. The number of nitrogens with zero attached hydrogens (tertiary/aromatic N) is 1. The molecule has 0 atom stereocenters. The number of carbonyl (C=O) groups is 1. The minimum absolute atomic E-state index is 0.123.